The first-order valence-electron chi connectivity index (χ1n) is 12.0. The molecule has 178 valence electrons. The Labute approximate surface area is 208 Å². The monoisotopic (exact) mass is 475 g/mol. The molecule has 6 rings (SSSR count). The van der Waals surface area contributed by atoms with Gasteiger partial charge >= 0.3 is 0 Å². The number of nitrogens with one attached hydrogen (secondary N) is 1. The maximum atomic E-state index is 13.3. The van der Waals surface area contributed by atoms with Crippen LogP contribution in [-0.2, 0) is 23.2 Å². The van der Waals surface area contributed by atoms with E-state index in [1.54, 1.807) is 0 Å². The second-order valence-electron chi connectivity index (χ2n) is 9.12. The lowest BCUT2D eigenvalue weighted by atomic mass is 9.94. The number of aromatic nitrogens is 2. The topological polar surface area (TPSA) is 76.3 Å². The van der Waals surface area contributed by atoms with Crippen molar-refractivity contribution < 1.29 is 14.7 Å². The number of amides is 2. The van der Waals surface area contributed by atoms with E-state index in [1.807, 2.05) is 71.0 Å². The predicted octanol–water partition coefficient (Wildman–Crippen LogP) is 4.75. The summed E-state index contributed by atoms with van der Waals surface area (Å²) in [5.74, 6) is -0.781. The largest absolute Gasteiger partial charge is 0.396 e. The van der Waals surface area contributed by atoms with E-state index < -0.39 is 5.91 Å². The van der Waals surface area contributed by atoms with Crippen molar-refractivity contribution in [3.8, 4) is 11.1 Å². The van der Waals surface area contributed by atoms with E-state index >= 15 is 0 Å². The SMILES string of the molecule is Cn1cc(C2=C(c3cn(CCCO)c4ccccc34)C(=O)NC2=O)c2cc(-c3ccccc3)ccc21. The minimum Gasteiger partial charge on any atom is -0.396 e. The molecule has 2 aromatic heterocycles. The molecule has 0 saturated heterocycles. The molecule has 2 N–H and O–H groups in total. The van der Waals surface area contributed by atoms with Gasteiger partial charge in [-0.15, -0.1) is 0 Å². The van der Waals surface area contributed by atoms with Crippen LogP contribution < -0.4 is 5.32 Å². The van der Waals surface area contributed by atoms with Gasteiger partial charge in [0.25, 0.3) is 11.8 Å². The average Bonchev–Trinajstić information content (AvgIpc) is 3.53. The first-order valence-corrected chi connectivity index (χ1v) is 12.0. The first kappa shape index (κ1) is 22.1. The molecule has 1 aliphatic rings. The Hall–Kier alpha value is -4.42. The number of aliphatic hydroxyl groups excluding tert-OH is 1. The number of rotatable bonds is 6. The van der Waals surface area contributed by atoms with E-state index in [9.17, 15) is 14.7 Å². The third-order valence-corrected chi connectivity index (χ3v) is 6.91. The molecule has 6 nitrogen and oxygen atoms in total. The van der Waals surface area contributed by atoms with Crippen molar-refractivity contribution in [3.05, 3.63) is 96.3 Å². The van der Waals surface area contributed by atoms with Gasteiger partial charge in [-0.2, -0.15) is 0 Å². The Morgan fingerprint density at radius 2 is 1.44 bits per heavy atom. The number of carbonyl (C=O) groups is 2. The standard InChI is InChI=1S/C30H25N3O3/c1-32-17-23(22-16-20(12-13-25(22)32)19-8-3-2-4-9-19)27-28(30(36)31-29(27)35)24-18-33(14-7-15-34)26-11-6-5-10-21(24)26/h2-6,8-13,16-18,34H,7,14-15H2,1H3,(H,31,35,36). The van der Waals surface area contributed by atoms with E-state index in [0.29, 0.717) is 24.1 Å². The van der Waals surface area contributed by atoms with Crippen LogP contribution in [0.5, 0.6) is 0 Å². The van der Waals surface area contributed by atoms with Crippen molar-refractivity contribution in [1.82, 2.24) is 14.5 Å². The van der Waals surface area contributed by atoms with E-state index in [4.69, 9.17) is 0 Å². The van der Waals surface area contributed by atoms with Crippen LogP contribution in [0.3, 0.4) is 0 Å². The van der Waals surface area contributed by atoms with Gasteiger partial charge in [0.05, 0.1) is 11.1 Å². The zero-order chi connectivity index (χ0) is 24.8. The number of benzene rings is 3. The number of aryl methyl sites for hydroxylation is 2. The summed E-state index contributed by atoms with van der Waals surface area (Å²) >= 11 is 0. The Kier molecular flexibility index (Phi) is 5.31. The second-order valence-corrected chi connectivity index (χ2v) is 9.12. The fourth-order valence-electron chi connectivity index (χ4n) is 5.24. The normalized spacial score (nSPS) is 13.8. The smallest absolute Gasteiger partial charge is 0.259 e. The number of para-hydroxylation sites is 1. The van der Waals surface area contributed by atoms with E-state index in [1.165, 1.54) is 0 Å². The molecule has 36 heavy (non-hydrogen) atoms. The van der Waals surface area contributed by atoms with Crippen LogP contribution >= 0.6 is 0 Å². The molecule has 0 radical (unpaired) electrons. The van der Waals surface area contributed by atoms with Gasteiger partial charge in [-0.25, -0.2) is 0 Å². The van der Waals surface area contributed by atoms with Crippen molar-refractivity contribution in [2.24, 2.45) is 7.05 Å². The highest BCUT2D eigenvalue weighted by atomic mass is 16.3. The van der Waals surface area contributed by atoms with Crippen LogP contribution in [0, 0.1) is 0 Å². The van der Waals surface area contributed by atoms with Gasteiger partial charge in [-0.05, 0) is 35.7 Å². The molecule has 2 amide bonds. The van der Waals surface area contributed by atoms with Gasteiger partial charge in [0.1, 0.15) is 0 Å². The van der Waals surface area contributed by atoms with Crippen LogP contribution in [0.4, 0.5) is 0 Å². The summed E-state index contributed by atoms with van der Waals surface area (Å²) in [6, 6.07) is 24.2. The van der Waals surface area contributed by atoms with Gasteiger partial charge in [-0.3, -0.25) is 14.9 Å². The molecule has 0 saturated carbocycles. The summed E-state index contributed by atoms with van der Waals surface area (Å²) in [5.41, 5.74) is 6.30. The zero-order valence-corrected chi connectivity index (χ0v) is 19.9. The number of imide groups is 1. The molecular formula is C30H25N3O3. The molecule has 0 unspecified atom stereocenters. The molecule has 1 aliphatic heterocycles. The summed E-state index contributed by atoms with van der Waals surface area (Å²) in [6.45, 7) is 0.693. The molecule has 0 fully saturated rings. The number of nitrogens with zero attached hydrogens (tertiary/aromatic N) is 2. The number of hydrogen-bond acceptors (Lipinski definition) is 3. The van der Waals surface area contributed by atoms with E-state index in [0.717, 1.165) is 44.1 Å². The molecule has 0 aliphatic carbocycles. The summed E-state index contributed by atoms with van der Waals surface area (Å²) in [7, 11) is 1.95. The molecule has 6 heteroatoms. The Balaban J connectivity index is 1.61. The summed E-state index contributed by atoms with van der Waals surface area (Å²) in [5, 5.41) is 13.7. The Morgan fingerprint density at radius 3 is 2.19 bits per heavy atom. The van der Waals surface area contributed by atoms with Gasteiger partial charge in [0.2, 0.25) is 0 Å². The average molecular weight is 476 g/mol. The highest BCUT2D eigenvalue weighted by Gasteiger charge is 2.35. The van der Waals surface area contributed by atoms with E-state index in [-0.39, 0.29) is 12.5 Å². The van der Waals surface area contributed by atoms with Crippen molar-refractivity contribution in [1.29, 1.82) is 0 Å². The van der Waals surface area contributed by atoms with Crippen molar-refractivity contribution in [3.63, 3.8) is 0 Å². The number of fused-ring (bicyclic) bond motifs is 2. The van der Waals surface area contributed by atoms with Crippen LogP contribution in [-0.4, -0.2) is 32.7 Å². The lowest BCUT2D eigenvalue weighted by Gasteiger charge is -2.05. The van der Waals surface area contributed by atoms with Crippen LogP contribution in [0.25, 0.3) is 44.1 Å². The Bertz CT molecular complexity index is 1690. The third kappa shape index (κ3) is 3.46. The van der Waals surface area contributed by atoms with Crippen molar-refractivity contribution >= 4 is 44.8 Å². The fourth-order valence-corrected chi connectivity index (χ4v) is 5.24. The number of aliphatic hydroxyl groups is 1. The molecule has 0 spiro atoms. The van der Waals surface area contributed by atoms with Crippen LogP contribution in [0.2, 0.25) is 0 Å². The summed E-state index contributed by atoms with van der Waals surface area (Å²) in [6.07, 6.45) is 4.45. The minimum absolute atomic E-state index is 0.0779. The van der Waals surface area contributed by atoms with Gasteiger partial charge in [-0.1, -0.05) is 54.6 Å². The van der Waals surface area contributed by atoms with Gasteiger partial charge in [0.15, 0.2) is 0 Å². The maximum Gasteiger partial charge on any atom is 0.259 e. The summed E-state index contributed by atoms with van der Waals surface area (Å²) < 4.78 is 4.03. The molecule has 5 aromatic rings. The zero-order valence-electron chi connectivity index (χ0n) is 19.9. The summed E-state index contributed by atoms with van der Waals surface area (Å²) in [4.78, 5) is 26.5. The maximum absolute atomic E-state index is 13.3. The van der Waals surface area contributed by atoms with Crippen molar-refractivity contribution in [2.45, 2.75) is 13.0 Å². The molecule has 3 heterocycles. The van der Waals surface area contributed by atoms with Crippen molar-refractivity contribution in [2.75, 3.05) is 6.61 Å². The second kappa shape index (κ2) is 8.66. The quantitative estimate of drug-likeness (QED) is 0.348. The third-order valence-electron chi connectivity index (χ3n) is 6.91. The number of carbonyl (C=O) groups excluding carboxylic acids is 2. The molecule has 0 atom stereocenters. The number of hydrogen-bond donors (Lipinski definition) is 2. The lowest BCUT2D eigenvalue weighted by Crippen LogP contribution is -2.22. The van der Waals surface area contributed by atoms with Crippen LogP contribution in [0.15, 0.2) is 85.2 Å². The fraction of sp³-hybridized carbons (Fsp3) is 0.133. The van der Waals surface area contributed by atoms with Gasteiger partial charge < -0.3 is 14.2 Å². The molecule has 0 bridgehead atoms. The Morgan fingerprint density at radius 1 is 0.750 bits per heavy atom. The first-order chi connectivity index (χ1) is 17.6. The predicted molar refractivity (Wildman–Crippen MR) is 142 cm³/mol. The van der Waals surface area contributed by atoms with Crippen LogP contribution in [0.1, 0.15) is 17.5 Å². The lowest BCUT2D eigenvalue weighted by molar-refractivity contribution is -0.122. The minimum atomic E-state index is -0.392. The van der Waals surface area contributed by atoms with E-state index in [2.05, 4.69) is 35.6 Å². The molecular weight excluding hydrogens is 450 g/mol. The van der Waals surface area contributed by atoms with Gasteiger partial charge in [0, 0.05) is 65.5 Å². The molecule has 3 aromatic carbocycles. The highest BCUT2D eigenvalue weighted by Crippen LogP contribution is 2.39. The highest BCUT2D eigenvalue weighted by molar-refractivity contribution is 6.50.